The third-order valence-corrected chi connectivity index (χ3v) is 4.03. The van der Waals surface area contributed by atoms with Crippen LogP contribution < -0.4 is 10.5 Å². The van der Waals surface area contributed by atoms with Crippen molar-refractivity contribution >= 4 is 33.4 Å². The zero-order chi connectivity index (χ0) is 13.0. The number of hydrogen-bond acceptors (Lipinski definition) is 3. The van der Waals surface area contributed by atoms with Gasteiger partial charge in [-0.1, -0.05) is 22.0 Å². The summed E-state index contributed by atoms with van der Waals surface area (Å²) in [6.07, 6.45) is 0. The van der Waals surface area contributed by atoms with E-state index in [4.69, 9.17) is 10.5 Å². The van der Waals surface area contributed by atoms with Crippen LogP contribution in [-0.4, -0.2) is 7.11 Å². The van der Waals surface area contributed by atoms with Crippen LogP contribution in [0.3, 0.4) is 0 Å². The van der Waals surface area contributed by atoms with Crippen LogP contribution in [0.5, 0.6) is 5.75 Å². The normalized spacial score (nSPS) is 10.3. The summed E-state index contributed by atoms with van der Waals surface area (Å²) in [5, 5.41) is 0. The van der Waals surface area contributed by atoms with E-state index in [1.54, 1.807) is 18.9 Å². The second kappa shape index (κ2) is 6.16. The molecule has 2 aromatic carbocycles. The first-order valence-electron chi connectivity index (χ1n) is 5.50. The van der Waals surface area contributed by atoms with E-state index < -0.39 is 0 Å². The van der Waals surface area contributed by atoms with Crippen molar-refractivity contribution in [2.45, 2.75) is 10.6 Å². The molecule has 0 heterocycles. The highest BCUT2D eigenvalue weighted by Gasteiger charge is 2.04. The summed E-state index contributed by atoms with van der Waals surface area (Å²) in [5.74, 6) is 1.72. The number of benzene rings is 2. The van der Waals surface area contributed by atoms with Gasteiger partial charge in [0.2, 0.25) is 0 Å². The molecule has 2 nitrogen and oxygen atoms in total. The molecule has 0 spiro atoms. The maximum absolute atomic E-state index is 5.80. The summed E-state index contributed by atoms with van der Waals surface area (Å²) >= 11 is 5.23. The van der Waals surface area contributed by atoms with Gasteiger partial charge in [-0.15, -0.1) is 11.8 Å². The van der Waals surface area contributed by atoms with Gasteiger partial charge >= 0.3 is 0 Å². The summed E-state index contributed by atoms with van der Waals surface area (Å²) in [7, 11) is 1.68. The van der Waals surface area contributed by atoms with E-state index in [1.165, 1.54) is 4.90 Å². The lowest BCUT2D eigenvalue weighted by Gasteiger charge is -2.09. The van der Waals surface area contributed by atoms with Crippen LogP contribution in [0.25, 0.3) is 0 Å². The highest BCUT2D eigenvalue weighted by atomic mass is 79.9. The molecule has 94 valence electrons. The summed E-state index contributed by atoms with van der Waals surface area (Å²) in [6, 6.07) is 14.0. The smallest absolute Gasteiger partial charge is 0.123 e. The van der Waals surface area contributed by atoms with Gasteiger partial charge in [0.05, 0.1) is 7.11 Å². The first-order valence-corrected chi connectivity index (χ1v) is 7.27. The number of methoxy groups -OCH3 is 1. The summed E-state index contributed by atoms with van der Waals surface area (Å²) in [6.45, 7) is 0. The van der Waals surface area contributed by atoms with Gasteiger partial charge in [0, 0.05) is 26.4 Å². The molecule has 0 aliphatic rings. The Kier molecular flexibility index (Phi) is 4.55. The number of thioether (sulfide) groups is 1. The molecular weight excluding hydrogens is 310 g/mol. The fraction of sp³-hybridized carbons (Fsp3) is 0.143. The first kappa shape index (κ1) is 13.3. The number of ether oxygens (including phenoxy) is 1. The Balaban J connectivity index is 2.12. The lowest BCUT2D eigenvalue weighted by atomic mass is 10.2. The van der Waals surface area contributed by atoms with Gasteiger partial charge in [0.1, 0.15) is 5.75 Å². The number of nitrogen functional groups attached to an aromatic ring is 1. The average molecular weight is 324 g/mol. The number of halogens is 1. The lowest BCUT2D eigenvalue weighted by molar-refractivity contribution is 0.411. The molecule has 0 aliphatic heterocycles. The molecule has 0 aliphatic carbocycles. The SMILES string of the molecule is COc1ccc(N)cc1CSc1cccc(Br)c1. The number of hydrogen-bond donors (Lipinski definition) is 1. The molecule has 0 unspecified atom stereocenters. The molecule has 2 aromatic rings. The Hall–Kier alpha value is -1.13. The highest BCUT2D eigenvalue weighted by Crippen LogP contribution is 2.30. The molecule has 0 aromatic heterocycles. The molecule has 4 heteroatoms. The van der Waals surface area contributed by atoms with Crippen LogP contribution in [0.4, 0.5) is 5.69 Å². The van der Waals surface area contributed by atoms with Crippen molar-refractivity contribution in [3.63, 3.8) is 0 Å². The monoisotopic (exact) mass is 323 g/mol. The van der Waals surface area contributed by atoms with Crippen molar-refractivity contribution in [3.8, 4) is 5.75 Å². The van der Waals surface area contributed by atoms with Gasteiger partial charge in [-0.25, -0.2) is 0 Å². The Morgan fingerprint density at radius 1 is 1.22 bits per heavy atom. The van der Waals surface area contributed by atoms with Crippen LogP contribution in [0.2, 0.25) is 0 Å². The van der Waals surface area contributed by atoms with Crippen LogP contribution >= 0.6 is 27.7 Å². The largest absolute Gasteiger partial charge is 0.496 e. The molecule has 0 atom stereocenters. The molecule has 0 bridgehead atoms. The fourth-order valence-corrected chi connectivity index (χ4v) is 3.11. The molecule has 18 heavy (non-hydrogen) atoms. The van der Waals surface area contributed by atoms with Crippen molar-refractivity contribution in [3.05, 3.63) is 52.5 Å². The van der Waals surface area contributed by atoms with E-state index in [1.807, 2.05) is 30.3 Å². The Labute approximate surface area is 120 Å². The van der Waals surface area contributed by atoms with E-state index in [9.17, 15) is 0 Å². The van der Waals surface area contributed by atoms with Gasteiger partial charge in [-0.05, 0) is 36.4 Å². The molecule has 0 amide bonds. The highest BCUT2D eigenvalue weighted by molar-refractivity contribution is 9.10. The average Bonchev–Trinajstić information content (AvgIpc) is 2.37. The van der Waals surface area contributed by atoms with Crippen molar-refractivity contribution in [2.24, 2.45) is 0 Å². The minimum atomic E-state index is 0.764. The minimum absolute atomic E-state index is 0.764. The van der Waals surface area contributed by atoms with Gasteiger partial charge < -0.3 is 10.5 Å². The topological polar surface area (TPSA) is 35.2 Å². The molecule has 0 saturated carbocycles. The van der Waals surface area contributed by atoms with E-state index >= 15 is 0 Å². The van der Waals surface area contributed by atoms with Crippen LogP contribution in [0, 0.1) is 0 Å². The second-order valence-electron chi connectivity index (χ2n) is 3.82. The number of anilines is 1. The first-order chi connectivity index (χ1) is 8.69. The lowest BCUT2D eigenvalue weighted by Crippen LogP contribution is -1.93. The zero-order valence-corrected chi connectivity index (χ0v) is 12.4. The third kappa shape index (κ3) is 3.43. The Morgan fingerprint density at radius 2 is 2.06 bits per heavy atom. The zero-order valence-electron chi connectivity index (χ0n) is 10.0. The second-order valence-corrected chi connectivity index (χ2v) is 5.78. The van der Waals surface area contributed by atoms with Crippen molar-refractivity contribution in [2.75, 3.05) is 12.8 Å². The van der Waals surface area contributed by atoms with E-state index in [0.717, 1.165) is 27.2 Å². The summed E-state index contributed by atoms with van der Waals surface area (Å²) < 4.78 is 6.42. The minimum Gasteiger partial charge on any atom is -0.496 e. The quantitative estimate of drug-likeness (QED) is 0.671. The predicted molar refractivity (Wildman–Crippen MR) is 81.1 cm³/mol. The van der Waals surface area contributed by atoms with Gasteiger partial charge in [0.25, 0.3) is 0 Å². The third-order valence-electron chi connectivity index (χ3n) is 2.49. The summed E-state index contributed by atoms with van der Waals surface area (Å²) in [5.41, 5.74) is 7.68. The van der Waals surface area contributed by atoms with E-state index in [2.05, 4.69) is 28.1 Å². The molecule has 2 N–H and O–H groups in total. The Bertz CT molecular complexity index is 545. The van der Waals surface area contributed by atoms with Crippen LogP contribution in [0.15, 0.2) is 51.8 Å². The maximum Gasteiger partial charge on any atom is 0.123 e. The number of rotatable bonds is 4. The van der Waals surface area contributed by atoms with Gasteiger partial charge in [0.15, 0.2) is 0 Å². The summed E-state index contributed by atoms with van der Waals surface area (Å²) in [4.78, 5) is 1.22. The molecule has 0 fully saturated rings. The molecule has 0 saturated heterocycles. The Morgan fingerprint density at radius 3 is 2.78 bits per heavy atom. The van der Waals surface area contributed by atoms with Crippen molar-refractivity contribution in [1.29, 1.82) is 0 Å². The molecule has 0 radical (unpaired) electrons. The van der Waals surface area contributed by atoms with Crippen LogP contribution in [-0.2, 0) is 5.75 Å². The van der Waals surface area contributed by atoms with Gasteiger partial charge in [-0.3, -0.25) is 0 Å². The van der Waals surface area contributed by atoms with E-state index in [0.29, 0.717) is 0 Å². The fourth-order valence-electron chi connectivity index (χ4n) is 1.63. The molecular formula is C14H14BrNOS. The molecule has 2 rings (SSSR count). The predicted octanol–water partition coefficient (Wildman–Crippen LogP) is 4.33. The standard InChI is InChI=1S/C14H14BrNOS/c1-17-14-6-5-12(16)7-10(14)9-18-13-4-2-3-11(15)8-13/h2-8H,9,16H2,1H3. The van der Waals surface area contributed by atoms with E-state index in [-0.39, 0.29) is 0 Å². The van der Waals surface area contributed by atoms with Crippen molar-refractivity contribution < 1.29 is 4.74 Å². The number of nitrogens with two attached hydrogens (primary N) is 1. The maximum atomic E-state index is 5.80. The van der Waals surface area contributed by atoms with Crippen molar-refractivity contribution in [1.82, 2.24) is 0 Å². The van der Waals surface area contributed by atoms with Gasteiger partial charge in [-0.2, -0.15) is 0 Å². The van der Waals surface area contributed by atoms with Crippen LogP contribution in [0.1, 0.15) is 5.56 Å².